The van der Waals surface area contributed by atoms with Gasteiger partial charge in [0.15, 0.2) is 0 Å². The summed E-state index contributed by atoms with van der Waals surface area (Å²) in [6, 6.07) is 3.61. The number of halogens is 3. The Morgan fingerprint density at radius 1 is 1.35 bits per heavy atom. The van der Waals surface area contributed by atoms with Crippen LogP contribution >= 0.6 is 39.1 Å². The molecule has 2 rings (SSSR count). The van der Waals surface area contributed by atoms with Crippen molar-refractivity contribution in [3.63, 3.8) is 0 Å². The Kier molecular flexibility index (Phi) is 4.94. The molecule has 0 bridgehead atoms. The van der Waals surface area contributed by atoms with E-state index in [0.717, 1.165) is 23.2 Å². The highest BCUT2D eigenvalue weighted by Crippen LogP contribution is 2.33. The van der Waals surface area contributed by atoms with Crippen molar-refractivity contribution in [1.82, 2.24) is 0 Å². The van der Waals surface area contributed by atoms with Crippen molar-refractivity contribution < 1.29 is 9.47 Å². The van der Waals surface area contributed by atoms with Crippen LogP contribution in [-0.2, 0) is 9.47 Å². The van der Waals surface area contributed by atoms with Gasteiger partial charge in [0.05, 0.1) is 28.4 Å². The molecule has 1 aliphatic rings. The third-order valence-corrected chi connectivity index (χ3v) is 3.54. The Bertz CT molecular complexity index is 374. The second-order valence-corrected chi connectivity index (χ2v) is 5.46. The lowest BCUT2D eigenvalue weighted by atomic mass is 10.2. The van der Waals surface area contributed by atoms with Crippen LogP contribution in [0.4, 0.5) is 5.69 Å². The van der Waals surface area contributed by atoms with Crippen LogP contribution in [0.5, 0.6) is 0 Å². The summed E-state index contributed by atoms with van der Waals surface area (Å²) in [5.74, 6) is 0. The van der Waals surface area contributed by atoms with Crippen molar-refractivity contribution in [2.24, 2.45) is 0 Å². The van der Waals surface area contributed by atoms with Gasteiger partial charge in [-0.25, -0.2) is 0 Å². The van der Waals surface area contributed by atoms with Gasteiger partial charge in [-0.3, -0.25) is 0 Å². The Hall–Kier alpha value is -0.0000000000000000971. The molecule has 1 fully saturated rings. The molecule has 1 saturated heterocycles. The summed E-state index contributed by atoms with van der Waals surface area (Å²) in [5, 5.41) is 4.40. The molecular formula is C11H12BrCl2NO2. The largest absolute Gasteiger partial charge is 0.380 e. The number of benzene rings is 1. The number of rotatable bonds is 3. The molecule has 1 N–H and O–H groups in total. The molecule has 0 saturated carbocycles. The lowest BCUT2D eigenvalue weighted by molar-refractivity contribution is -0.133. The molecule has 94 valence electrons. The monoisotopic (exact) mass is 339 g/mol. The molecule has 0 aromatic heterocycles. The fourth-order valence-electron chi connectivity index (χ4n) is 1.59. The van der Waals surface area contributed by atoms with E-state index in [4.69, 9.17) is 32.7 Å². The zero-order valence-electron chi connectivity index (χ0n) is 9.01. The molecule has 1 atom stereocenters. The average Bonchev–Trinajstić information content (AvgIpc) is 2.29. The maximum atomic E-state index is 6.11. The number of hydrogen-bond donors (Lipinski definition) is 1. The van der Waals surface area contributed by atoms with E-state index in [1.807, 2.05) is 0 Å². The van der Waals surface area contributed by atoms with Crippen molar-refractivity contribution in [3.8, 4) is 0 Å². The second kappa shape index (κ2) is 6.25. The molecular weight excluding hydrogens is 329 g/mol. The van der Waals surface area contributed by atoms with E-state index >= 15 is 0 Å². The normalized spacial score (nSPS) is 20.3. The summed E-state index contributed by atoms with van der Waals surface area (Å²) in [7, 11) is 0. The van der Waals surface area contributed by atoms with Crippen molar-refractivity contribution in [2.45, 2.75) is 12.5 Å². The van der Waals surface area contributed by atoms with E-state index in [1.165, 1.54) is 0 Å². The minimum atomic E-state index is 0.138. The molecule has 3 nitrogen and oxygen atoms in total. The maximum absolute atomic E-state index is 6.11. The minimum Gasteiger partial charge on any atom is -0.380 e. The first-order chi connectivity index (χ1) is 8.16. The Labute approximate surface area is 119 Å². The van der Waals surface area contributed by atoms with E-state index < -0.39 is 0 Å². The molecule has 1 unspecified atom stereocenters. The van der Waals surface area contributed by atoms with Crippen LogP contribution in [-0.4, -0.2) is 26.0 Å². The maximum Gasteiger partial charge on any atom is 0.147 e. The van der Waals surface area contributed by atoms with E-state index in [1.54, 1.807) is 12.1 Å². The Morgan fingerprint density at radius 3 is 2.65 bits per heavy atom. The van der Waals surface area contributed by atoms with Crippen LogP contribution in [0.15, 0.2) is 16.6 Å². The Balaban J connectivity index is 1.98. The highest BCUT2D eigenvalue weighted by molar-refractivity contribution is 9.10. The second-order valence-electron chi connectivity index (χ2n) is 3.73. The van der Waals surface area contributed by atoms with Crippen LogP contribution in [0.1, 0.15) is 6.42 Å². The molecule has 1 aromatic carbocycles. The average molecular weight is 341 g/mol. The number of anilines is 1. The van der Waals surface area contributed by atoms with Gasteiger partial charge in [-0.1, -0.05) is 39.1 Å². The van der Waals surface area contributed by atoms with Crippen LogP contribution in [0.3, 0.4) is 0 Å². The van der Waals surface area contributed by atoms with E-state index in [0.29, 0.717) is 23.4 Å². The highest BCUT2D eigenvalue weighted by atomic mass is 79.9. The third-order valence-electron chi connectivity index (χ3n) is 2.48. The number of ether oxygens (including phenoxy) is 2. The summed E-state index contributed by atoms with van der Waals surface area (Å²) in [4.78, 5) is 0. The van der Waals surface area contributed by atoms with Gasteiger partial charge in [0.2, 0.25) is 0 Å². The van der Waals surface area contributed by atoms with Gasteiger partial charge in [-0.05, 0) is 18.6 Å². The zero-order valence-corrected chi connectivity index (χ0v) is 12.1. The topological polar surface area (TPSA) is 30.5 Å². The van der Waals surface area contributed by atoms with Gasteiger partial charge < -0.3 is 14.8 Å². The van der Waals surface area contributed by atoms with Crippen molar-refractivity contribution in [3.05, 3.63) is 26.7 Å². The van der Waals surface area contributed by atoms with Crippen LogP contribution in [0.25, 0.3) is 0 Å². The quantitative estimate of drug-likeness (QED) is 0.904. The molecule has 6 heteroatoms. The summed E-state index contributed by atoms with van der Waals surface area (Å²) in [6.45, 7) is 1.76. The fourth-order valence-corrected chi connectivity index (χ4v) is 2.93. The first kappa shape index (κ1) is 13.4. The van der Waals surface area contributed by atoms with Crippen molar-refractivity contribution >= 4 is 44.8 Å². The lowest BCUT2D eigenvalue weighted by Crippen LogP contribution is -2.30. The summed E-state index contributed by atoms with van der Waals surface area (Å²) < 4.78 is 11.4. The number of hydrogen-bond acceptors (Lipinski definition) is 3. The van der Waals surface area contributed by atoms with Gasteiger partial charge in [-0.2, -0.15) is 0 Å². The van der Waals surface area contributed by atoms with Gasteiger partial charge in [0, 0.05) is 11.0 Å². The summed E-state index contributed by atoms with van der Waals surface area (Å²) >= 11 is 15.6. The van der Waals surface area contributed by atoms with Crippen molar-refractivity contribution in [1.29, 1.82) is 0 Å². The predicted octanol–water partition coefficient (Wildman–Crippen LogP) is 3.93. The molecule has 0 radical (unpaired) electrons. The minimum absolute atomic E-state index is 0.138. The van der Waals surface area contributed by atoms with Crippen LogP contribution in [0.2, 0.25) is 10.0 Å². The van der Waals surface area contributed by atoms with Gasteiger partial charge in [-0.15, -0.1) is 0 Å². The Morgan fingerprint density at radius 2 is 2.06 bits per heavy atom. The van der Waals surface area contributed by atoms with Crippen LogP contribution in [0, 0.1) is 0 Å². The lowest BCUT2D eigenvalue weighted by Gasteiger charge is -2.23. The smallest absolute Gasteiger partial charge is 0.147 e. The molecule has 1 heterocycles. The molecule has 1 aromatic rings. The third kappa shape index (κ3) is 3.73. The van der Waals surface area contributed by atoms with Gasteiger partial charge in [0.25, 0.3) is 0 Å². The first-order valence-corrected chi connectivity index (χ1v) is 6.79. The van der Waals surface area contributed by atoms with Crippen molar-refractivity contribution in [2.75, 3.05) is 25.3 Å². The fraction of sp³-hybridized carbons (Fsp3) is 0.455. The van der Waals surface area contributed by atoms with Crippen LogP contribution < -0.4 is 5.32 Å². The van der Waals surface area contributed by atoms with E-state index in [2.05, 4.69) is 21.2 Å². The van der Waals surface area contributed by atoms with Gasteiger partial charge in [0.1, 0.15) is 6.79 Å². The van der Waals surface area contributed by atoms with Gasteiger partial charge >= 0.3 is 0 Å². The highest BCUT2D eigenvalue weighted by Gasteiger charge is 2.15. The standard InChI is InChI=1S/C11H12BrCl2NO2/c12-7-3-9(13)11(10(14)4-7)15-5-8-1-2-16-6-17-8/h3-4,8,15H,1-2,5-6H2. The summed E-state index contributed by atoms with van der Waals surface area (Å²) in [5.41, 5.74) is 0.742. The SMILES string of the molecule is Clc1cc(Br)cc(Cl)c1NCC1CCOCO1. The molecule has 0 amide bonds. The summed E-state index contributed by atoms with van der Waals surface area (Å²) in [6.07, 6.45) is 1.01. The molecule has 0 spiro atoms. The molecule has 1 aliphatic heterocycles. The molecule has 0 aliphatic carbocycles. The predicted molar refractivity (Wildman–Crippen MR) is 73.0 cm³/mol. The van der Waals surface area contributed by atoms with E-state index in [9.17, 15) is 0 Å². The first-order valence-electron chi connectivity index (χ1n) is 5.24. The number of nitrogens with one attached hydrogen (secondary N) is 1. The zero-order chi connectivity index (χ0) is 12.3. The van der Waals surface area contributed by atoms with E-state index in [-0.39, 0.29) is 6.10 Å². The molecule has 17 heavy (non-hydrogen) atoms.